The van der Waals surface area contributed by atoms with E-state index in [-0.39, 0.29) is 0 Å². The summed E-state index contributed by atoms with van der Waals surface area (Å²) in [5.74, 6) is 1.06. The van der Waals surface area contributed by atoms with Gasteiger partial charge in [-0.2, -0.15) is 4.98 Å². The molecule has 0 spiro atoms. The molecule has 0 aliphatic carbocycles. The first kappa shape index (κ1) is 10.7. The normalized spacial score (nSPS) is 12.4. The third-order valence-electron chi connectivity index (χ3n) is 2.46. The number of anilines is 1. The molecule has 0 fully saturated rings. The minimum absolute atomic E-state index is 0.411. The van der Waals surface area contributed by atoms with Gasteiger partial charge >= 0.3 is 6.01 Å². The maximum Gasteiger partial charge on any atom is 0.321 e. The zero-order valence-corrected chi connectivity index (χ0v) is 9.47. The predicted octanol–water partition coefficient (Wildman–Crippen LogP) is 2.59. The summed E-state index contributed by atoms with van der Waals surface area (Å²) < 4.78 is 4.98. The van der Waals surface area contributed by atoms with Crippen LogP contribution in [0.1, 0.15) is 24.2 Å². The second kappa shape index (κ2) is 4.79. The number of aromatic nitrogens is 2. The van der Waals surface area contributed by atoms with E-state index in [2.05, 4.69) is 34.5 Å². The molecular formula is C12H15N3O. The minimum atomic E-state index is 0.411. The van der Waals surface area contributed by atoms with Crippen molar-refractivity contribution in [3.8, 4) is 0 Å². The summed E-state index contributed by atoms with van der Waals surface area (Å²) in [6.45, 7) is 4.74. The fourth-order valence-electron chi connectivity index (χ4n) is 1.51. The molecule has 0 radical (unpaired) electrons. The maximum absolute atomic E-state index is 4.98. The van der Waals surface area contributed by atoms with Gasteiger partial charge in [-0.1, -0.05) is 42.4 Å². The van der Waals surface area contributed by atoms with Crippen molar-refractivity contribution in [2.24, 2.45) is 0 Å². The number of rotatable bonds is 4. The molecule has 84 valence electrons. The van der Waals surface area contributed by atoms with Crippen molar-refractivity contribution in [2.75, 3.05) is 11.9 Å². The van der Waals surface area contributed by atoms with Crippen molar-refractivity contribution in [2.45, 2.75) is 19.8 Å². The molecule has 0 saturated heterocycles. The van der Waals surface area contributed by atoms with E-state index in [1.807, 2.05) is 18.2 Å². The van der Waals surface area contributed by atoms with Crippen LogP contribution in [0.25, 0.3) is 0 Å². The minimum Gasteiger partial charge on any atom is -0.337 e. The third kappa shape index (κ3) is 2.59. The van der Waals surface area contributed by atoms with Crippen molar-refractivity contribution >= 4 is 6.01 Å². The fourth-order valence-corrected chi connectivity index (χ4v) is 1.51. The number of nitrogens with zero attached hydrogens (tertiary/aromatic N) is 2. The molecular weight excluding hydrogens is 202 g/mol. The number of aryl methyl sites for hydroxylation is 1. The molecule has 0 bridgehead atoms. The maximum atomic E-state index is 4.98. The molecule has 4 heteroatoms. The highest BCUT2D eigenvalue weighted by atomic mass is 16.5. The van der Waals surface area contributed by atoms with Gasteiger partial charge in [0.15, 0.2) is 5.82 Å². The van der Waals surface area contributed by atoms with E-state index in [1.165, 1.54) is 5.56 Å². The van der Waals surface area contributed by atoms with Crippen LogP contribution in [-0.2, 0) is 0 Å². The molecule has 1 heterocycles. The highest BCUT2D eigenvalue weighted by Gasteiger charge is 2.07. The molecule has 4 nitrogen and oxygen atoms in total. The van der Waals surface area contributed by atoms with Crippen LogP contribution >= 0.6 is 0 Å². The van der Waals surface area contributed by atoms with Gasteiger partial charge in [0.1, 0.15) is 0 Å². The molecule has 0 saturated carbocycles. The Kier molecular flexibility index (Phi) is 3.19. The highest BCUT2D eigenvalue weighted by molar-refractivity contribution is 5.24. The molecule has 1 unspecified atom stereocenters. The Bertz CT molecular complexity index is 439. The van der Waals surface area contributed by atoms with Gasteiger partial charge in [0.2, 0.25) is 0 Å². The number of hydrogen-bond acceptors (Lipinski definition) is 4. The second-order valence-corrected chi connectivity index (χ2v) is 3.84. The van der Waals surface area contributed by atoms with Crippen molar-refractivity contribution in [1.82, 2.24) is 10.1 Å². The molecule has 0 amide bonds. The van der Waals surface area contributed by atoms with Gasteiger partial charge in [0.25, 0.3) is 0 Å². The Morgan fingerprint density at radius 2 is 2.06 bits per heavy atom. The summed E-state index contributed by atoms with van der Waals surface area (Å²) in [6, 6.07) is 10.8. The Balaban J connectivity index is 1.91. The molecule has 1 atom stereocenters. The summed E-state index contributed by atoms with van der Waals surface area (Å²) in [5, 5.41) is 6.84. The van der Waals surface area contributed by atoms with Crippen molar-refractivity contribution < 1.29 is 4.52 Å². The van der Waals surface area contributed by atoms with Crippen LogP contribution in [-0.4, -0.2) is 16.7 Å². The fraction of sp³-hybridized carbons (Fsp3) is 0.333. The molecule has 0 aliphatic heterocycles. The summed E-state index contributed by atoms with van der Waals surface area (Å²) in [6.07, 6.45) is 0. The smallest absolute Gasteiger partial charge is 0.321 e. The van der Waals surface area contributed by atoms with E-state index in [1.54, 1.807) is 6.92 Å². The van der Waals surface area contributed by atoms with Crippen LogP contribution < -0.4 is 5.32 Å². The summed E-state index contributed by atoms with van der Waals surface area (Å²) in [4.78, 5) is 4.09. The Labute approximate surface area is 94.7 Å². The first-order valence-electron chi connectivity index (χ1n) is 5.35. The molecule has 16 heavy (non-hydrogen) atoms. The zero-order valence-electron chi connectivity index (χ0n) is 9.47. The van der Waals surface area contributed by atoms with Crippen molar-refractivity contribution in [3.05, 3.63) is 41.7 Å². The van der Waals surface area contributed by atoms with Gasteiger partial charge in [-0.15, -0.1) is 0 Å². The van der Waals surface area contributed by atoms with Gasteiger partial charge in [0, 0.05) is 6.54 Å². The predicted molar refractivity (Wildman–Crippen MR) is 62.4 cm³/mol. The number of hydrogen-bond donors (Lipinski definition) is 1. The summed E-state index contributed by atoms with van der Waals surface area (Å²) in [5.41, 5.74) is 1.30. The quantitative estimate of drug-likeness (QED) is 0.855. The van der Waals surface area contributed by atoms with Crippen molar-refractivity contribution in [1.29, 1.82) is 0 Å². The van der Waals surface area contributed by atoms with Gasteiger partial charge in [-0.3, -0.25) is 0 Å². The van der Waals surface area contributed by atoms with Gasteiger partial charge in [0.05, 0.1) is 0 Å². The third-order valence-corrected chi connectivity index (χ3v) is 2.46. The zero-order chi connectivity index (χ0) is 11.4. The standard InChI is InChI=1S/C12H15N3O/c1-9(11-6-4-3-5-7-11)8-13-12-14-10(2)15-16-12/h3-7,9H,8H2,1-2H3,(H,13,14,15). The van der Waals surface area contributed by atoms with Gasteiger partial charge < -0.3 is 9.84 Å². The Morgan fingerprint density at radius 3 is 2.69 bits per heavy atom. The summed E-state index contributed by atoms with van der Waals surface area (Å²) in [7, 11) is 0. The van der Waals surface area contributed by atoms with Crippen LogP contribution in [0.3, 0.4) is 0 Å². The molecule has 0 aliphatic rings. The molecule has 2 rings (SSSR count). The van der Waals surface area contributed by atoms with E-state index in [0.717, 1.165) is 6.54 Å². The van der Waals surface area contributed by atoms with E-state index < -0.39 is 0 Å². The monoisotopic (exact) mass is 217 g/mol. The van der Waals surface area contributed by atoms with Crippen LogP contribution in [0.5, 0.6) is 0 Å². The Morgan fingerprint density at radius 1 is 1.31 bits per heavy atom. The lowest BCUT2D eigenvalue weighted by Gasteiger charge is -2.11. The largest absolute Gasteiger partial charge is 0.337 e. The molecule has 1 aromatic carbocycles. The molecule has 1 N–H and O–H groups in total. The lowest BCUT2D eigenvalue weighted by atomic mass is 10.0. The molecule has 2 aromatic rings. The lowest BCUT2D eigenvalue weighted by Crippen LogP contribution is -2.09. The summed E-state index contributed by atoms with van der Waals surface area (Å²) >= 11 is 0. The van der Waals surface area contributed by atoms with Gasteiger partial charge in [-0.05, 0) is 18.4 Å². The molecule has 1 aromatic heterocycles. The van der Waals surface area contributed by atoms with Gasteiger partial charge in [-0.25, -0.2) is 0 Å². The highest BCUT2D eigenvalue weighted by Crippen LogP contribution is 2.15. The van der Waals surface area contributed by atoms with Crippen LogP contribution in [0, 0.1) is 6.92 Å². The van der Waals surface area contributed by atoms with E-state index in [9.17, 15) is 0 Å². The van der Waals surface area contributed by atoms with Crippen molar-refractivity contribution in [3.63, 3.8) is 0 Å². The SMILES string of the molecule is Cc1noc(NCC(C)c2ccccc2)n1. The number of benzene rings is 1. The van der Waals surface area contributed by atoms with Crippen LogP contribution in [0.2, 0.25) is 0 Å². The average Bonchev–Trinajstić information content (AvgIpc) is 2.73. The van der Waals surface area contributed by atoms with Crippen LogP contribution in [0.15, 0.2) is 34.9 Å². The lowest BCUT2D eigenvalue weighted by molar-refractivity contribution is 0.424. The second-order valence-electron chi connectivity index (χ2n) is 3.84. The van der Waals surface area contributed by atoms with E-state index in [0.29, 0.717) is 17.8 Å². The first-order chi connectivity index (χ1) is 7.75. The number of nitrogens with one attached hydrogen (secondary N) is 1. The average molecular weight is 217 g/mol. The Hall–Kier alpha value is -1.84. The topological polar surface area (TPSA) is 51.0 Å². The first-order valence-corrected chi connectivity index (χ1v) is 5.35. The van der Waals surface area contributed by atoms with E-state index >= 15 is 0 Å². The van der Waals surface area contributed by atoms with E-state index in [4.69, 9.17) is 4.52 Å². The van der Waals surface area contributed by atoms with Crippen LogP contribution in [0.4, 0.5) is 6.01 Å².